The molecule has 2 aromatic heterocycles. The van der Waals surface area contributed by atoms with Crippen LogP contribution < -0.4 is 5.73 Å². The Morgan fingerprint density at radius 2 is 2.17 bits per heavy atom. The third kappa shape index (κ3) is 1.43. The Morgan fingerprint density at radius 1 is 1.33 bits per heavy atom. The number of aromatic nitrogens is 3. The van der Waals surface area contributed by atoms with Gasteiger partial charge in [-0.05, 0) is 37.7 Å². The van der Waals surface area contributed by atoms with E-state index < -0.39 is 0 Å². The summed E-state index contributed by atoms with van der Waals surface area (Å²) >= 11 is 1.74. The summed E-state index contributed by atoms with van der Waals surface area (Å²) in [6, 6.07) is 0. The van der Waals surface area contributed by atoms with Crippen molar-refractivity contribution in [3.05, 3.63) is 16.3 Å². The molecular formula is C13H16N4S. The van der Waals surface area contributed by atoms with E-state index in [0.717, 1.165) is 28.6 Å². The third-order valence-corrected chi connectivity index (χ3v) is 5.02. The Morgan fingerprint density at radius 3 is 2.94 bits per heavy atom. The number of hydrogen-bond acceptors (Lipinski definition) is 4. The molecule has 94 valence electrons. The Labute approximate surface area is 110 Å². The summed E-state index contributed by atoms with van der Waals surface area (Å²) in [6.45, 7) is 0. The van der Waals surface area contributed by atoms with Crippen LogP contribution in [-0.4, -0.2) is 14.8 Å². The minimum Gasteiger partial charge on any atom is -0.390 e. The van der Waals surface area contributed by atoms with Crippen molar-refractivity contribution in [2.45, 2.75) is 38.0 Å². The molecule has 2 aliphatic carbocycles. The molecule has 0 aromatic carbocycles. The molecule has 2 aromatic rings. The van der Waals surface area contributed by atoms with E-state index in [-0.39, 0.29) is 0 Å². The van der Waals surface area contributed by atoms with E-state index in [4.69, 9.17) is 10.7 Å². The van der Waals surface area contributed by atoms with Gasteiger partial charge in [0.15, 0.2) is 11.6 Å². The maximum absolute atomic E-state index is 6.19. The molecule has 2 N–H and O–H groups in total. The number of rotatable bonds is 2. The molecule has 1 saturated carbocycles. The van der Waals surface area contributed by atoms with Crippen molar-refractivity contribution in [2.24, 2.45) is 7.05 Å². The fraction of sp³-hybridized carbons (Fsp3) is 0.538. The minimum atomic E-state index is 0.595. The first-order chi connectivity index (χ1) is 8.74. The van der Waals surface area contributed by atoms with Gasteiger partial charge in [-0.15, -0.1) is 11.3 Å². The van der Waals surface area contributed by atoms with Crippen LogP contribution in [0.15, 0.2) is 0 Å². The van der Waals surface area contributed by atoms with Crippen LogP contribution in [0.5, 0.6) is 0 Å². The highest BCUT2D eigenvalue weighted by atomic mass is 32.1. The maximum atomic E-state index is 6.19. The van der Waals surface area contributed by atoms with Gasteiger partial charge in [-0.2, -0.15) is 5.10 Å². The zero-order valence-corrected chi connectivity index (χ0v) is 11.3. The molecular weight excluding hydrogens is 244 g/mol. The number of nitrogens with two attached hydrogens (primary N) is 1. The third-order valence-electron chi connectivity index (χ3n) is 3.89. The van der Waals surface area contributed by atoms with Crippen molar-refractivity contribution >= 4 is 16.3 Å². The minimum absolute atomic E-state index is 0.595. The van der Waals surface area contributed by atoms with E-state index in [1.807, 2.05) is 11.7 Å². The Hall–Kier alpha value is -1.36. The van der Waals surface area contributed by atoms with Gasteiger partial charge in [-0.3, -0.25) is 0 Å². The van der Waals surface area contributed by atoms with Crippen LogP contribution in [0.4, 0.5) is 5.00 Å². The molecule has 0 saturated heterocycles. The molecule has 2 aliphatic rings. The molecule has 0 atom stereocenters. The molecule has 18 heavy (non-hydrogen) atoms. The molecule has 0 radical (unpaired) electrons. The smallest absolute Gasteiger partial charge is 0.161 e. The highest BCUT2D eigenvalue weighted by Crippen LogP contribution is 2.44. The van der Waals surface area contributed by atoms with Crippen LogP contribution in [0.25, 0.3) is 11.4 Å². The summed E-state index contributed by atoms with van der Waals surface area (Å²) in [5, 5.41) is 5.46. The van der Waals surface area contributed by atoms with E-state index in [0.29, 0.717) is 5.92 Å². The van der Waals surface area contributed by atoms with E-state index in [1.54, 1.807) is 11.3 Å². The number of nitrogens with zero attached hydrogens (tertiary/aromatic N) is 3. The van der Waals surface area contributed by atoms with Crippen molar-refractivity contribution in [3.63, 3.8) is 0 Å². The van der Waals surface area contributed by atoms with Gasteiger partial charge in [0.1, 0.15) is 0 Å². The summed E-state index contributed by atoms with van der Waals surface area (Å²) in [7, 11) is 1.98. The Balaban J connectivity index is 1.87. The lowest BCUT2D eigenvalue weighted by molar-refractivity contribution is 0.750. The van der Waals surface area contributed by atoms with E-state index in [9.17, 15) is 0 Å². The molecule has 5 heteroatoms. The molecule has 0 unspecified atom stereocenters. The molecule has 0 aliphatic heterocycles. The molecule has 4 rings (SSSR count). The van der Waals surface area contributed by atoms with Gasteiger partial charge < -0.3 is 5.73 Å². The van der Waals surface area contributed by atoms with Gasteiger partial charge in [-0.1, -0.05) is 0 Å². The lowest BCUT2D eigenvalue weighted by Crippen LogP contribution is -1.98. The van der Waals surface area contributed by atoms with Crippen molar-refractivity contribution in [1.29, 1.82) is 0 Å². The Kier molecular flexibility index (Phi) is 2.09. The number of aryl methyl sites for hydroxylation is 2. The lowest BCUT2D eigenvalue weighted by atomic mass is 10.1. The fourth-order valence-corrected chi connectivity index (χ4v) is 3.96. The quantitative estimate of drug-likeness (QED) is 0.902. The fourth-order valence-electron chi connectivity index (χ4n) is 2.81. The monoisotopic (exact) mass is 260 g/mol. The van der Waals surface area contributed by atoms with Crippen molar-refractivity contribution in [1.82, 2.24) is 14.8 Å². The molecule has 4 nitrogen and oxygen atoms in total. The molecule has 0 amide bonds. The van der Waals surface area contributed by atoms with Gasteiger partial charge in [0.2, 0.25) is 0 Å². The second-order valence-corrected chi connectivity index (χ2v) is 6.42. The summed E-state index contributed by atoms with van der Waals surface area (Å²) in [5.74, 6) is 2.57. The van der Waals surface area contributed by atoms with E-state index >= 15 is 0 Å². The second kappa shape index (κ2) is 3.57. The first-order valence-electron chi connectivity index (χ1n) is 6.55. The predicted molar refractivity (Wildman–Crippen MR) is 72.7 cm³/mol. The lowest BCUT2D eigenvalue weighted by Gasteiger charge is -2.02. The SMILES string of the molecule is Cn1nc(C2CC2)nc1-c1c(N)sc2c1CCC2. The number of anilines is 1. The first-order valence-corrected chi connectivity index (χ1v) is 7.37. The summed E-state index contributed by atoms with van der Waals surface area (Å²) in [5.41, 5.74) is 8.78. The van der Waals surface area contributed by atoms with Crippen LogP contribution in [-0.2, 0) is 19.9 Å². The van der Waals surface area contributed by atoms with Crippen LogP contribution >= 0.6 is 11.3 Å². The van der Waals surface area contributed by atoms with Crippen molar-refractivity contribution in [3.8, 4) is 11.4 Å². The topological polar surface area (TPSA) is 56.7 Å². The molecule has 0 bridgehead atoms. The van der Waals surface area contributed by atoms with Crippen molar-refractivity contribution < 1.29 is 0 Å². The van der Waals surface area contributed by atoms with Crippen molar-refractivity contribution in [2.75, 3.05) is 5.73 Å². The number of hydrogen-bond donors (Lipinski definition) is 1. The Bertz CT molecular complexity index is 621. The van der Waals surface area contributed by atoms with Gasteiger partial charge >= 0.3 is 0 Å². The number of thiophene rings is 1. The zero-order valence-electron chi connectivity index (χ0n) is 10.4. The van der Waals surface area contributed by atoms with Crippen LogP contribution in [0, 0.1) is 0 Å². The molecule has 2 heterocycles. The summed E-state index contributed by atoms with van der Waals surface area (Å²) in [6.07, 6.45) is 6.05. The van der Waals surface area contributed by atoms with E-state index in [2.05, 4.69) is 5.10 Å². The highest BCUT2D eigenvalue weighted by Gasteiger charge is 2.30. The van der Waals surface area contributed by atoms with Crippen LogP contribution in [0.2, 0.25) is 0 Å². The standard InChI is InChI=1S/C13H16N4S/c1-17-13(15-12(16-17)7-5-6-7)10-8-3-2-4-9(8)18-11(10)14/h7H,2-6,14H2,1H3. The summed E-state index contributed by atoms with van der Waals surface area (Å²) in [4.78, 5) is 6.19. The average Bonchev–Trinajstić information content (AvgIpc) is 2.87. The van der Waals surface area contributed by atoms with Gasteiger partial charge in [0.25, 0.3) is 0 Å². The average molecular weight is 260 g/mol. The van der Waals surface area contributed by atoms with E-state index in [1.165, 1.54) is 36.1 Å². The highest BCUT2D eigenvalue weighted by molar-refractivity contribution is 7.16. The molecule has 0 spiro atoms. The number of nitrogen functional groups attached to an aromatic ring is 1. The van der Waals surface area contributed by atoms with Gasteiger partial charge in [0, 0.05) is 17.8 Å². The second-order valence-electron chi connectivity index (χ2n) is 5.29. The van der Waals surface area contributed by atoms with Gasteiger partial charge in [0.05, 0.1) is 10.6 Å². The van der Waals surface area contributed by atoms with Crippen LogP contribution in [0.3, 0.4) is 0 Å². The van der Waals surface area contributed by atoms with Crippen LogP contribution in [0.1, 0.15) is 41.4 Å². The first kappa shape index (κ1) is 10.6. The predicted octanol–water partition coefficient (Wildman–Crippen LogP) is 2.49. The summed E-state index contributed by atoms with van der Waals surface area (Å²) < 4.78 is 1.91. The number of fused-ring (bicyclic) bond motifs is 1. The maximum Gasteiger partial charge on any atom is 0.161 e. The normalized spacial score (nSPS) is 18.3. The largest absolute Gasteiger partial charge is 0.390 e. The molecule has 1 fully saturated rings. The van der Waals surface area contributed by atoms with Gasteiger partial charge in [-0.25, -0.2) is 9.67 Å². The zero-order chi connectivity index (χ0) is 12.3.